The molecule has 0 heterocycles. The Morgan fingerprint density at radius 2 is 1.32 bits per heavy atom. The van der Waals surface area contributed by atoms with Gasteiger partial charge in [0.15, 0.2) is 0 Å². The fraction of sp³-hybridized carbons (Fsp3) is 0.875. The quantitative estimate of drug-likeness (QED) is 0.457. The van der Waals surface area contributed by atoms with Gasteiger partial charge in [0.2, 0.25) is 4.75 Å². The number of hydrogen-bond donors (Lipinski definition) is 3. The maximum atomic E-state index is 12.3. The minimum atomic E-state index is -5.10. The van der Waals surface area contributed by atoms with E-state index >= 15 is 0 Å². The molecule has 0 bridgehead atoms. The van der Waals surface area contributed by atoms with E-state index in [0.717, 1.165) is 25.7 Å². The molecule has 0 saturated heterocycles. The van der Waals surface area contributed by atoms with Crippen LogP contribution in [0.2, 0.25) is 0 Å². The molecule has 0 aromatic rings. The summed E-state index contributed by atoms with van der Waals surface area (Å²) >= 11 is 0. The van der Waals surface area contributed by atoms with Crippen LogP contribution in [0.4, 0.5) is 0 Å². The molecule has 2 atom stereocenters. The van der Waals surface area contributed by atoms with E-state index in [0.29, 0.717) is 38.5 Å². The van der Waals surface area contributed by atoms with E-state index in [1.807, 2.05) is 0 Å². The van der Waals surface area contributed by atoms with Gasteiger partial charge in [0.25, 0.3) is 10.1 Å². The molecular formula is C16H27KO7S. The Morgan fingerprint density at radius 1 is 0.880 bits per heavy atom. The van der Waals surface area contributed by atoms with Gasteiger partial charge in [-0.2, -0.15) is 8.42 Å². The van der Waals surface area contributed by atoms with Crippen LogP contribution in [0.3, 0.4) is 0 Å². The molecule has 0 aromatic heterocycles. The van der Waals surface area contributed by atoms with Gasteiger partial charge in [-0.1, -0.05) is 38.5 Å². The molecule has 2 fully saturated rings. The Hall–Kier alpha value is 0.486. The van der Waals surface area contributed by atoms with Crippen molar-refractivity contribution in [2.24, 2.45) is 17.8 Å². The zero-order valence-electron chi connectivity index (χ0n) is 13.7. The van der Waals surface area contributed by atoms with E-state index in [1.54, 1.807) is 0 Å². The molecule has 9 heteroatoms. The zero-order chi connectivity index (χ0) is 18.0. The molecule has 2 aliphatic carbocycles. The van der Waals surface area contributed by atoms with Gasteiger partial charge in [-0.3, -0.25) is 14.1 Å². The monoisotopic (exact) mass is 402 g/mol. The number of rotatable bonds is 6. The molecule has 140 valence electrons. The number of carbonyl (C=O) groups is 2. The fourth-order valence-corrected chi connectivity index (χ4v) is 6.27. The predicted molar refractivity (Wildman–Crippen MR) is 93.3 cm³/mol. The Labute approximate surface area is 191 Å². The van der Waals surface area contributed by atoms with E-state index in [2.05, 4.69) is 0 Å². The molecule has 2 aliphatic rings. The Balaban J connectivity index is 0.00000312. The molecule has 3 N–H and O–H groups in total. The molecule has 25 heavy (non-hydrogen) atoms. The molecule has 2 saturated carbocycles. The summed E-state index contributed by atoms with van der Waals surface area (Å²) in [5.41, 5.74) is 0. The summed E-state index contributed by atoms with van der Waals surface area (Å²) in [5.74, 6) is -6.20. The van der Waals surface area contributed by atoms with Gasteiger partial charge in [0.05, 0.1) is 5.92 Å². The average molecular weight is 403 g/mol. The normalized spacial score (nSPS) is 23.9. The van der Waals surface area contributed by atoms with Gasteiger partial charge in [0, 0.05) is 0 Å². The summed E-state index contributed by atoms with van der Waals surface area (Å²) in [4.78, 5) is 24.2. The third-order valence-corrected chi connectivity index (χ3v) is 7.44. The zero-order valence-corrected chi connectivity index (χ0v) is 14.5. The van der Waals surface area contributed by atoms with Gasteiger partial charge in [-0.15, -0.1) is 0 Å². The van der Waals surface area contributed by atoms with Gasteiger partial charge in [0.1, 0.15) is 0 Å². The van der Waals surface area contributed by atoms with Gasteiger partial charge < -0.3 is 10.2 Å². The first-order valence-electron chi connectivity index (χ1n) is 8.66. The topological polar surface area (TPSA) is 129 Å². The Kier molecular flexibility index (Phi) is 9.05. The molecule has 0 aromatic carbocycles. The third kappa shape index (κ3) is 4.67. The molecule has 2 unspecified atom stereocenters. The fourth-order valence-electron chi connectivity index (χ4n) is 4.78. The summed E-state index contributed by atoms with van der Waals surface area (Å²) in [5, 5.41) is 19.6. The number of hydrogen-bond acceptors (Lipinski definition) is 4. The van der Waals surface area contributed by atoms with Crippen molar-refractivity contribution in [3.63, 3.8) is 0 Å². The summed E-state index contributed by atoms with van der Waals surface area (Å²) in [6.07, 6.45) is 6.16. The van der Waals surface area contributed by atoms with Crippen molar-refractivity contribution in [2.45, 2.75) is 69.0 Å². The van der Waals surface area contributed by atoms with Gasteiger partial charge >= 0.3 is 63.3 Å². The molecule has 0 radical (unpaired) electrons. The molecule has 2 rings (SSSR count). The van der Waals surface area contributed by atoms with Crippen LogP contribution >= 0.6 is 0 Å². The van der Waals surface area contributed by atoms with Crippen LogP contribution in [0.5, 0.6) is 0 Å². The second-order valence-electron chi connectivity index (χ2n) is 7.12. The van der Waals surface area contributed by atoms with Crippen LogP contribution < -0.4 is 0 Å². The summed E-state index contributed by atoms with van der Waals surface area (Å²) in [7, 11) is -5.10. The summed E-state index contributed by atoms with van der Waals surface area (Å²) < 4.78 is 31.9. The standard InChI is InChI=1S/C16H26O7S.K.H/c17-14(18)13(11-7-3-1-4-8-11)16(15(19)20,24(21,22)23)12-9-5-2-6-10-12;;/h11-13H,1-10H2,(H,17,18)(H,19,20)(H,21,22,23);;. The van der Waals surface area contributed by atoms with Crippen molar-refractivity contribution >= 4 is 73.4 Å². The molecule has 0 spiro atoms. The van der Waals surface area contributed by atoms with Crippen molar-refractivity contribution in [1.29, 1.82) is 0 Å². The SMILES string of the molecule is O=C(O)C(C1CCCCC1)C(C(=O)O)(C1CCCCC1)S(=O)(=O)O.[KH]. The predicted octanol–water partition coefficient (Wildman–Crippen LogP) is 1.91. The summed E-state index contributed by atoms with van der Waals surface area (Å²) in [6.45, 7) is 0. The first-order chi connectivity index (χ1) is 11.2. The van der Waals surface area contributed by atoms with E-state index < -0.39 is 44.6 Å². The molecule has 0 aliphatic heterocycles. The second kappa shape index (κ2) is 9.61. The van der Waals surface area contributed by atoms with Gasteiger partial charge in [-0.05, 0) is 37.5 Å². The van der Waals surface area contributed by atoms with Crippen LogP contribution in [0.1, 0.15) is 64.2 Å². The second-order valence-corrected chi connectivity index (χ2v) is 8.75. The molecule has 0 amide bonds. The van der Waals surface area contributed by atoms with Crippen LogP contribution in [-0.4, -0.2) is 91.3 Å². The van der Waals surface area contributed by atoms with E-state index in [1.165, 1.54) is 0 Å². The molecular weight excluding hydrogens is 375 g/mol. The van der Waals surface area contributed by atoms with Crippen LogP contribution in [0, 0.1) is 17.8 Å². The number of aliphatic carboxylic acids is 2. The van der Waals surface area contributed by atoms with E-state index in [4.69, 9.17) is 0 Å². The Morgan fingerprint density at radius 3 is 1.68 bits per heavy atom. The molecule has 7 nitrogen and oxygen atoms in total. The minimum absolute atomic E-state index is 0. The van der Waals surface area contributed by atoms with Crippen molar-refractivity contribution in [1.82, 2.24) is 0 Å². The van der Waals surface area contributed by atoms with E-state index in [9.17, 15) is 32.8 Å². The van der Waals surface area contributed by atoms with Crippen molar-refractivity contribution in [2.75, 3.05) is 0 Å². The van der Waals surface area contributed by atoms with Crippen molar-refractivity contribution in [3.05, 3.63) is 0 Å². The van der Waals surface area contributed by atoms with Crippen molar-refractivity contribution < 1.29 is 32.8 Å². The van der Waals surface area contributed by atoms with E-state index in [-0.39, 0.29) is 51.4 Å². The van der Waals surface area contributed by atoms with Gasteiger partial charge in [-0.25, -0.2) is 0 Å². The maximum absolute atomic E-state index is 12.3. The third-order valence-electron chi connectivity index (χ3n) is 5.82. The summed E-state index contributed by atoms with van der Waals surface area (Å²) in [6, 6.07) is 0. The van der Waals surface area contributed by atoms with Crippen LogP contribution in [0.25, 0.3) is 0 Å². The first kappa shape index (κ1) is 23.5. The Bertz CT molecular complexity index is 579. The van der Waals surface area contributed by atoms with Crippen LogP contribution in [0.15, 0.2) is 0 Å². The van der Waals surface area contributed by atoms with Crippen molar-refractivity contribution in [3.8, 4) is 0 Å². The average Bonchev–Trinajstić information content (AvgIpc) is 2.52. The number of carboxylic acid groups (broad SMARTS) is 2. The first-order valence-corrected chi connectivity index (χ1v) is 10.1. The number of carboxylic acids is 2. The van der Waals surface area contributed by atoms with Crippen LogP contribution in [-0.2, 0) is 19.7 Å².